The van der Waals surface area contributed by atoms with Gasteiger partial charge in [0.1, 0.15) is 5.78 Å². The van der Waals surface area contributed by atoms with Crippen LogP contribution in [-0.2, 0) is 14.3 Å². The van der Waals surface area contributed by atoms with Crippen LogP contribution in [0.2, 0.25) is 0 Å². The smallest absolute Gasteiger partial charge is 0.337 e. The lowest BCUT2D eigenvalue weighted by Gasteiger charge is -2.45. The van der Waals surface area contributed by atoms with E-state index in [2.05, 4.69) is 39.1 Å². The van der Waals surface area contributed by atoms with Gasteiger partial charge in [-0.25, -0.2) is 4.79 Å². The maximum absolute atomic E-state index is 13.3. The number of carbonyl (C=O) groups is 3. The van der Waals surface area contributed by atoms with E-state index in [1.54, 1.807) is 12.1 Å². The van der Waals surface area contributed by atoms with E-state index in [1.165, 1.54) is 7.11 Å². The lowest BCUT2D eigenvalue weighted by molar-refractivity contribution is -0.125. The van der Waals surface area contributed by atoms with Crippen molar-refractivity contribution in [2.24, 2.45) is 16.7 Å². The van der Waals surface area contributed by atoms with Crippen molar-refractivity contribution < 1.29 is 19.1 Å². The lowest BCUT2D eigenvalue weighted by atomic mass is 9.62. The zero-order valence-corrected chi connectivity index (χ0v) is 18.3. The van der Waals surface area contributed by atoms with Gasteiger partial charge in [-0.3, -0.25) is 9.59 Å². The number of hydrogen-bond acceptors (Lipinski definition) is 5. The van der Waals surface area contributed by atoms with Crippen LogP contribution in [0.5, 0.6) is 0 Å². The van der Waals surface area contributed by atoms with Gasteiger partial charge in [-0.15, -0.1) is 0 Å². The van der Waals surface area contributed by atoms with Crippen molar-refractivity contribution >= 4 is 17.5 Å². The quantitative estimate of drug-likeness (QED) is 0.740. The van der Waals surface area contributed by atoms with E-state index in [0.29, 0.717) is 18.4 Å². The number of carbonyl (C=O) groups excluding carboxylic acids is 3. The Hall–Kier alpha value is -2.69. The van der Waals surface area contributed by atoms with Gasteiger partial charge in [-0.2, -0.15) is 0 Å². The highest BCUT2D eigenvalue weighted by Gasteiger charge is 2.48. The summed E-state index contributed by atoms with van der Waals surface area (Å²) in [5.41, 5.74) is 3.57. The van der Waals surface area contributed by atoms with Gasteiger partial charge in [0.2, 0.25) is 0 Å². The zero-order valence-electron chi connectivity index (χ0n) is 18.3. The zero-order chi connectivity index (χ0) is 21.8. The molecule has 30 heavy (non-hydrogen) atoms. The number of esters is 1. The van der Waals surface area contributed by atoms with Gasteiger partial charge in [-0.05, 0) is 34.9 Å². The third kappa shape index (κ3) is 3.51. The fourth-order valence-corrected chi connectivity index (χ4v) is 5.23. The van der Waals surface area contributed by atoms with E-state index in [0.717, 1.165) is 29.0 Å². The largest absolute Gasteiger partial charge is 0.465 e. The maximum atomic E-state index is 13.3. The molecule has 0 radical (unpaired) electrons. The third-order valence-electron chi connectivity index (χ3n) is 6.41. The van der Waals surface area contributed by atoms with Gasteiger partial charge in [0, 0.05) is 35.7 Å². The first-order chi connectivity index (χ1) is 14.0. The number of Topliss-reactive ketones (excluding diaryl/α,β-unsaturated/α-hetero) is 2. The molecule has 2 unspecified atom stereocenters. The van der Waals surface area contributed by atoms with Gasteiger partial charge in [0.25, 0.3) is 0 Å². The van der Waals surface area contributed by atoms with Crippen molar-refractivity contribution in [3.8, 4) is 0 Å². The van der Waals surface area contributed by atoms with Gasteiger partial charge < -0.3 is 10.1 Å². The van der Waals surface area contributed by atoms with E-state index in [9.17, 15) is 14.4 Å². The second-order valence-corrected chi connectivity index (χ2v) is 10.3. The van der Waals surface area contributed by atoms with Crippen molar-refractivity contribution in [1.29, 1.82) is 0 Å². The second kappa shape index (κ2) is 6.93. The van der Waals surface area contributed by atoms with Crippen LogP contribution in [0.25, 0.3) is 0 Å². The number of hydrogen-bond donors (Lipinski definition) is 1. The van der Waals surface area contributed by atoms with Gasteiger partial charge in [-0.1, -0.05) is 45.9 Å². The summed E-state index contributed by atoms with van der Waals surface area (Å²) in [5.74, 6) is -0.876. The van der Waals surface area contributed by atoms with Gasteiger partial charge in [0.15, 0.2) is 5.78 Å². The molecular weight excluding hydrogens is 378 g/mol. The minimum absolute atomic E-state index is 0.104. The van der Waals surface area contributed by atoms with E-state index in [4.69, 9.17) is 4.74 Å². The molecule has 0 amide bonds. The fraction of sp³-hybridized carbons (Fsp3) is 0.480. The molecule has 1 aliphatic heterocycles. The van der Waals surface area contributed by atoms with Gasteiger partial charge >= 0.3 is 5.97 Å². The average molecular weight is 408 g/mol. The number of allylic oxidation sites excluding steroid dienone is 4. The van der Waals surface area contributed by atoms with Crippen LogP contribution < -0.4 is 5.32 Å². The van der Waals surface area contributed by atoms with Crippen molar-refractivity contribution in [3.63, 3.8) is 0 Å². The minimum Gasteiger partial charge on any atom is -0.465 e. The molecular formula is C25H29NO4. The van der Waals surface area contributed by atoms with Crippen LogP contribution in [0.4, 0.5) is 0 Å². The Labute approximate surface area is 177 Å². The maximum Gasteiger partial charge on any atom is 0.337 e. The molecule has 4 rings (SSSR count). The monoisotopic (exact) mass is 407 g/mol. The summed E-state index contributed by atoms with van der Waals surface area (Å²) in [7, 11) is 1.35. The van der Waals surface area contributed by atoms with Crippen molar-refractivity contribution in [1.82, 2.24) is 5.32 Å². The summed E-state index contributed by atoms with van der Waals surface area (Å²) in [5, 5.41) is 3.49. The molecule has 5 nitrogen and oxygen atoms in total. The molecule has 2 aliphatic carbocycles. The molecule has 158 valence electrons. The van der Waals surface area contributed by atoms with Crippen LogP contribution in [0.15, 0.2) is 47.3 Å². The Balaban J connectivity index is 1.87. The number of methoxy groups -OCH3 is 1. The fourth-order valence-electron chi connectivity index (χ4n) is 5.23. The standard InChI is InChI=1S/C25H29NO4/c1-24(2)10-16-21(18(27)12-24)20(14-6-8-15(9-7-14)23(29)30-5)22-17(26-16)11-25(3,4)13-19(22)28/h6-10,20-21,26H,11-13H2,1-5H3. The van der Waals surface area contributed by atoms with Crippen molar-refractivity contribution in [3.05, 3.63) is 58.4 Å². The lowest BCUT2D eigenvalue weighted by Crippen LogP contribution is -2.46. The summed E-state index contributed by atoms with van der Waals surface area (Å²) in [4.78, 5) is 38.4. The molecule has 1 aromatic carbocycles. The molecule has 0 bridgehead atoms. The number of ether oxygens (including phenoxy) is 1. The number of ketones is 2. The van der Waals surface area contributed by atoms with Crippen molar-refractivity contribution in [2.75, 3.05) is 7.11 Å². The van der Waals surface area contributed by atoms with Crippen LogP contribution >= 0.6 is 0 Å². The molecule has 0 saturated heterocycles. The van der Waals surface area contributed by atoms with Crippen LogP contribution in [-0.4, -0.2) is 24.6 Å². The highest BCUT2D eigenvalue weighted by molar-refractivity contribution is 6.02. The molecule has 5 heteroatoms. The minimum atomic E-state index is -0.404. The number of benzene rings is 1. The number of fused-ring (bicyclic) bond motifs is 1. The normalized spacial score (nSPS) is 26.9. The predicted octanol–water partition coefficient (Wildman–Crippen LogP) is 4.30. The molecule has 2 atom stereocenters. The molecule has 0 spiro atoms. The molecule has 0 aromatic heterocycles. The molecule has 0 fully saturated rings. The first-order valence-corrected chi connectivity index (χ1v) is 10.5. The number of nitrogens with one attached hydrogen (secondary N) is 1. The first-order valence-electron chi connectivity index (χ1n) is 10.5. The Morgan fingerprint density at radius 1 is 1.00 bits per heavy atom. The van der Waals surface area contributed by atoms with E-state index in [-0.39, 0.29) is 28.3 Å². The highest BCUT2D eigenvalue weighted by Crippen LogP contribution is 2.51. The summed E-state index contributed by atoms with van der Waals surface area (Å²) in [6.07, 6.45) is 3.84. The number of rotatable bonds is 2. The third-order valence-corrected chi connectivity index (χ3v) is 6.41. The predicted molar refractivity (Wildman–Crippen MR) is 114 cm³/mol. The van der Waals surface area contributed by atoms with Crippen molar-refractivity contribution in [2.45, 2.75) is 52.9 Å². The molecule has 3 aliphatic rings. The average Bonchev–Trinajstić information content (AvgIpc) is 2.63. The summed E-state index contributed by atoms with van der Waals surface area (Å²) in [6.45, 7) is 8.34. The Kier molecular flexibility index (Phi) is 4.75. The van der Waals surface area contributed by atoms with Crippen LogP contribution in [0.1, 0.15) is 68.8 Å². The summed E-state index contributed by atoms with van der Waals surface area (Å²) >= 11 is 0. The molecule has 0 saturated carbocycles. The second-order valence-electron chi connectivity index (χ2n) is 10.3. The Morgan fingerprint density at radius 3 is 2.30 bits per heavy atom. The van der Waals surface area contributed by atoms with E-state index < -0.39 is 11.9 Å². The van der Waals surface area contributed by atoms with Gasteiger partial charge in [0.05, 0.1) is 18.6 Å². The topological polar surface area (TPSA) is 72.5 Å². The molecule has 1 heterocycles. The summed E-state index contributed by atoms with van der Waals surface area (Å²) in [6, 6.07) is 7.12. The SMILES string of the molecule is COC(=O)c1ccc(C2C3=C(CC(C)(C)CC3=O)NC3=CC(C)(C)CC(=O)C32)cc1. The summed E-state index contributed by atoms with van der Waals surface area (Å²) < 4.78 is 4.80. The van der Waals surface area contributed by atoms with Crippen LogP contribution in [0, 0.1) is 16.7 Å². The molecule has 1 N–H and O–H groups in total. The first kappa shape index (κ1) is 20.6. The Morgan fingerprint density at radius 2 is 1.67 bits per heavy atom. The van der Waals surface area contributed by atoms with Crippen LogP contribution in [0.3, 0.4) is 0 Å². The van der Waals surface area contributed by atoms with E-state index >= 15 is 0 Å². The van der Waals surface area contributed by atoms with E-state index in [1.807, 2.05) is 12.1 Å². The molecule has 1 aromatic rings. The highest BCUT2D eigenvalue weighted by atomic mass is 16.5. The Bertz CT molecular complexity index is 994.